The van der Waals surface area contributed by atoms with Crippen molar-refractivity contribution in [3.63, 3.8) is 0 Å². The standard InChI is InChI=1S/C20H22F2N4O/c1-23-19(24-12-18(27)26-15-8-6-14(21)7-9-15)25-13-20(10-11-20)16-4-2-3-5-17(16)22/h2-9H,10-13H2,1H3,(H,26,27)(H2,23,24,25). The molecule has 0 radical (unpaired) electrons. The van der Waals surface area contributed by atoms with Gasteiger partial charge >= 0.3 is 0 Å². The Morgan fingerprint density at radius 3 is 2.41 bits per heavy atom. The van der Waals surface area contributed by atoms with E-state index in [9.17, 15) is 13.6 Å². The highest BCUT2D eigenvalue weighted by atomic mass is 19.1. The normalized spacial score (nSPS) is 15.1. The Balaban J connectivity index is 1.49. The number of carbonyl (C=O) groups excluding carboxylic acids is 1. The zero-order valence-electron chi connectivity index (χ0n) is 15.1. The van der Waals surface area contributed by atoms with E-state index in [0.717, 1.165) is 12.8 Å². The van der Waals surface area contributed by atoms with Crippen molar-refractivity contribution in [2.45, 2.75) is 18.3 Å². The second-order valence-electron chi connectivity index (χ2n) is 6.59. The summed E-state index contributed by atoms with van der Waals surface area (Å²) in [5.74, 6) is -0.371. The highest BCUT2D eigenvalue weighted by molar-refractivity contribution is 5.94. The lowest BCUT2D eigenvalue weighted by Gasteiger charge is -2.19. The first-order chi connectivity index (χ1) is 13.0. The van der Waals surface area contributed by atoms with E-state index >= 15 is 0 Å². The summed E-state index contributed by atoms with van der Waals surface area (Å²) in [5, 5.41) is 8.76. The third-order valence-electron chi connectivity index (χ3n) is 4.66. The molecule has 2 aromatic rings. The minimum atomic E-state index is -0.361. The maximum absolute atomic E-state index is 14.1. The quantitative estimate of drug-likeness (QED) is 0.540. The number of amides is 1. The summed E-state index contributed by atoms with van der Waals surface area (Å²) in [6.45, 7) is 0.539. The highest BCUT2D eigenvalue weighted by Gasteiger charge is 2.45. The highest BCUT2D eigenvalue weighted by Crippen LogP contribution is 2.48. The molecule has 0 unspecified atom stereocenters. The second kappa shape index (κ2) is 8.16. The van der Waals surface area contributed by atoms with Gasteiger partial charge in [0.25, 0.3) is 0 Å². The molecule has 2 aromatic carbocycles. The van der Waals surface area contributed by atoms with Gasteiger partial charge in [-0.3, -0.25) is 9.79 Å². The van der Waals surface area contributed by atoms with E-state index in [1.807, 2.05) is 12.1 Å². The molecular weight excluding hydrogens is 350 g/mol. The molecule has 1 aliphatic rings. The summed E-state index contributed by atoms with van der Waals surface area (Å²) < 4.78 is 27.0. The van der Waals surface area contributed by atoms with Crippen LogP contribution < -0.4 is 16.0 Å². The largest absolute Gasteiger partial charge is 0.356 e. The van der Waals surface area contributed by atoms with E-state index in [1.165, 1.54) is 30.3 Å². The first-order valence-electron chi connectivity index (χ1n) is 8.77. The van der Waals surface area contributed by atoms with E-state index in [1.54, 1.807) is 13.1 Å². The maximum atomic E-state index is 14.1. The van der Waals surface area contributed by atoms with Crippen LogP contribution >= 0.6 is 0 Å². The number of anilines is 1. The molecule has 142 valence electrons. The Bertz CT molecular complexity index is 832. The lowest BCUT2D eigenvalue weighted by Crippen LogP contribution is -2.44. The average Bonchev–Trinajstić information content (AvgIpc) is 3.45. The van der Waals surface area contributed by atoms with Crippen LogP contribution in [0.1, 0.15) is 18.4 Å². The van der Waals surface area contributed by atoms with Crippen LogP contribution in [0.25, 0.3) is 0 Å². The van der Waals surface area contributed by atoms with E-state index in [0.29, 0.717) is 23.8 Å². The first kappa shape index (κ1) is 18.8. The van der Waals surface area contributed by atoms with Crippen molar-refractivity contribution in [1.29, 1.82) is 0 Å². The Morgan fingerprint density at radius 2 is 1.78 bits per heavy atom. The zero-order chi connectivity index (χ0) is 19.3. The van der Waals surface area contributed by atoms with Crippen molar-refractivity contribution in [3.05, 3.63) is 65.7 Å². The fraction of sp³-hybridized carbons (Fsp3) is 0.300. The molecule has 0 aromatic heterocycles. The Hall–Kier alpha value is -2.96. The van der Waals surface area contributed by atoms with Crippen molar-refractivity contribution in [1.82, 2.24) is 10.6 Å². The van der Waals surface area contributed by atoms with Crippen LogP contribution in [-0.4, -0.2) is 32.0 Å². The van der Waals surface area contributed by atoms with Gasteiger partial charge in [0.1, 0.15) is 11.6 Å². The molecule has 3 rings (SSSR count). The van der Waals surface area contributed by atoms with Crippen LogP contribution in [0, 0.1) is 11.6 Å². The van der Waals surface area contributed by atoms with Gasteiger partial charge in [-0.25, -0.2) is 8.78 Å². The summed E-state index contributed by atoms with van der Waals surface area (Å²) in [7, 11) is 1.61. The monoisotopic (exact) mass is 372 g/mol. The fourth-order valence-electron chi connectivity index (χ4n) is 2.96. The minimum Gasteiger partial charge on any atom is -0.356 e. The fourth-order valence-corrected chi connectivity index (χ4v) is 2.96. The van der Waals surface area contributed by atoms with Crippen molar-refractivity contribution in [3.8, 4) is 0 Å². The van der Waals surface area contributed by atoms with Crippen LogP contribution in [0.15, 0.2) is 53.5 Å². The van der Waals surface area contributed by atoms with Crippen molar-refractivity contribution in [2.24, 2.45) is 4.99 Å². The molecule has 0 bridgehead atoms. The Morgan fingerprint density at radius 1 is 1.07 bits per heavy atom. The number of hydrogen-bond donors (Lipinski definition) is 3. The lowest BCUT2D eigenvalue weighted by atomic mass is 9.95. The lowest BCUT2D eigenvalue weighted by molar-refractivity contribution is -0.115. The van der Waals surface area contributed by atoms with E-state index in [2.05, 4.69) is 20.9 Å². The molecule has 0 atom stereocenters. The molecule has 7 heteroatoms. The van der Waals surface area contributed by atoms with Gasteiger partial charge in [-0.1, -0.05) is 18.2 Å². The molecule has 0 spiro atoms. The van der Waals surface area contributed by atoms with Crippen LogP contribution in [0.5, 0.6) is 0 Å². The predicted octanol–water partition coefficient (Wildman–Crippen LogP) is 2.80. The van der Waals surface area contributed by atoms with Gasteiger partial charge in [0.2, 0.25) is 5.91 Å². The van der Waals surface area contributed by atoms with Gasteiger partial charge in [0, 0.05) is 24.7 Å². The number of nitrogens with zero attached hydrogens (tertiary/aromatic N) is 1. The number of benzene rings is 2. The van der Waals surface area contributed by atoms with E-state index in [4.69, 9.17) is 0 Å². The smallest absolute Gasteiger partial charge is 0.243 e. The third kappa shape index (κ3) is 4.81. The van der Waals surface area contributed by atoms with Gasteiger partial charge < -0.3 is 16.0 Å². The van der Waals surface area contributed by atoms with E-state index in [-0.39, 0.29) is 29.5 Å². The van der Waals surface area contributed by atoms with Gasteiger partial charge in [-0.05, 0) is 48.7 Å². The van der Waals surface area contributed by atoms with Gasteiger partial charge in [-0.2, -0.15) is 0 Å². The predicted molar refractivity (Wildman–Crippen MR) is 102 cm³/mol. The summed E-state index contributed by atoms with van der Waals surface area (Å²) in [6, 6.07) is 12.4. The number of carbonyl (C=O) groups is 1. The van der Waals surface area contributed by atoms with Crippen LogP contribution in [0.2, 0.25) is 0 Å². The molecule has 0 aliphatic heterocycles. The van der Waals surface area contributed by atoms with Gasteiger partial charge in [-0.15, -0.1) is 0 Å². The van der Waals surface area contributed by atoms with Crippen LogP contribution in [0.4, 0.5) is 14.5 Å². The molecule has 27 heavy (non-hydrogen) atoms. The first-order valence-corrected chi connectivity index (χ1v) is 8.77. The number of halogens is 2. The molecule has 0 saturated heterocycles. The third-order valence-corrected chi connectivity index (χ3v) is 4.66. The second-order valence-corrected chi connectivity index (χ2v) is 6.59. The van der Waals surface area contributed by atoms with Crippen molar-refractivity contribution >= 4 is 17.6 Å². The number of guanidine groups is 1. The number of nitrogens with one attached hydrogen (secondary N) is 3. The summed E-state index contributed by atoms with van der Waals surface area (Å²) >= 11 is 0. The Labute approximate surface area is 156 Å². The number of aliphatic imine (C=N–C) groups is 1. The molecule has 1 aliphatic carbocycles. The van der Waals surface area contributed by atoms with Gasteiger partial charge in [0.15, 0.2) is 5.96 Å². The SMILES string of the molecule is CN=C(NCC(=O)Nc1ccc(F)cc1)NCC1(c2ccccc2F)CC1. The molecule has 1 amide bonds. The molecule has 3 N–H and O–H groups in total. The summed E-state index contributed by atoms with van der Waals surface area (Å²) in [4.78, 5) is 16.1. The van der Waals surface area contributed by atoms with Gasteiger partial charge in [0.05, 0.1) is 6.54 Å². The zero-order valence-corrected chi connectivity index (χ0v) is 15.1. The van der Waals surface area contributed by atoms with Crippen molar-refractivity contribution < 1.29 is 13.6 Å². The summed E-state index contributed by atoms with van der Waals surface area (Å²) in [6.07, 6.45) is 1.81. The van der Waals surface area contributed by atoms with E-state index < -0.39 is 0 Å². The summed E-state index contributed by atoms with van der Waals surface area (Å²) in [5.41, 5.74) is 1.00. The molecule has 1 fully saturated rings. The molecule has 1 saturated carbocycles. The number of hydrogen-bond acceptors (Lipinski definition) is 2. The van der Waals surface area contributed by atoms with Crippen LogP contribution in [0.3, 0.4) is 0 Å². The van der Waals surface area contributed by atoms with Crippen LogP contribution in [-0.2, 0) is 10.2 Å². The molecule has 0 heterocycles. The number of rotatable bonds is 6. The Kier molecular flexibility index (Phi) is 5.69. The topological polar surface area (TPSA) is 65.5 Å². The maximum Gasteiger partial charge on any atom is 0.243 e. The van der Waals surface area contributed by atoms with Crippen molar-refractivity contribution in [2.75, 3.05) is 25.5 Å². The average molecular weight is 372 g/mol. The molecular formula is C20H22F2N4O. The minimum absolute atomic E-state index is 0.00372. The molecule has 5 nitrogen and oxygen atoms in total.